The number of nitrogens with one attached hydrogen (secondary N) is 1. The van der Waals surface area contributed by atoms with Crippen LogP contribution in [0.3, 0.4) is 0 Å². The Bertz CT molecular complexity index is 159. The average molecular weight is 187 g/mol. The smallest absolute Gasteiger partial charge is 0.109 e. The van der Waals surface area contributed by atoms with E-state index in [1.54, 1.807) is 0 Å². The van der Waals surface area contributed by atoms with E-state index in [9.17, 15) is 0 Å². The molecule has 12 heavy (non-hydrogen) atoms. The third kappa shape index (κ3) is 2.72. The summed E-state index contributed by atoms with van der Waals surface area (Å²) < 4.78 is 5.49. The molecule has 0 aliphatic carbocycles. The van der Waals surface area contributed by atoms with Gasteiger partial charge in [0, 0.05) is 6.42 Å². The second kappa shape index (κ2) is 5.49. The number of likely N-dealkylation sites (N-methyl/N-ethyl adjacent to an activating group) is 1. The van der Waals surface area contributed by atoms with Crippen LogP contribution in [0.15, 0.2) is 11.8 Å². The van der Waals surface area contributed by atoms with Gasteiger partial charge in [0.1, 0.15) is 5.76 Å². The molecule has 2 nitrogen and oxygen atoms in total. The summed E-state index contributed by atoms with van der Waals surface area (Å²) in [6, 6.07) is 0.431. The highest BCUT2D eigenvalue weighted by Crippen LogP contribution is 2.16. The molecule has 3 heteroatoms. The zero-order valence-electron chi connectivity index (χ0n) is 7.80. The molecule has 0 bridgehead atoms. The van der Waals surface area contributed by atoms with Crippen LogP contribution in [0.2, 0.25) is 0 Å². The Morgan fingerprint density at radius 1 is 1.75 bits per heavy atom. The summed E-state index contributed by atoms with van der Waals surface area (Å²) in [5, 5.41) is 3.27. The summed E-state index contributed by atoms with van der Waals surface area (Å²) in [4.78, 5) is 0. The van der Waals surface area contributed by atoms with Crippen molar-refractivity contribution in [2.24, 2.45) is 0 Å². The van der Waals surface area contributed by atoms with Crippen LogP contribution in [0.25, 0.3) is 0 Å². The SMILES string of the molecule is CNC(CCSC)C1=CCCO1. The topological polar surface area (TPSA) is 21.3 Å². The van der Waals surface area contributed by atoms with Crippen molar-refractivity contribution < 1.29 is 4.74 Å². The standard InChI is InChI=1S/C9H17NOS/c1-10-8(5-7-12-2)9-4-3-6-11-9/h4,8,10H,3,5-7H2,1-2H3. The van der Waals surface area contributed by atoms with Gasteiger partial charge in [-0.1, -0.05) is 0 Å². The molecule has 0 fully saturated rings. The highest BCUT2D eigenvalue weighted by molar-refractivity contribution is 7.98. The molecule has 0 spiro atoms. The molecule has 0 radical (unpaired) electrons. The molecule has 1 rings (SSSR count). The third-order valence-electron chi connectivity index (χ3n) is 2.03. The van der Waals surface area contributed by atoms with Crippen molar-refractivity contribution in [2.45, 2.75) is 18.9 Å². The van der Waals surface area contributed by atoms with Gasteiger partial charge in [0.05, 0.1) is 12.6 Å². The van der Waals surface area contributed by atoms with Gasteiger partial charge in [-0.25, -0.2) is 0 Å². The molecule has 0 saturated carbocycles. The fourth-order valence-electron chi connectivity index (χ4n) is 1.34. The number of ether oxygens (including phenoxy) is 1. The van der Waals surface area contributed by atoms with Crippen molar-refractivity contribution in [1.82, 2.24) is 5.32 Å². The predicted molar refractivity (Wildman–Crippen MR) is 54.5 cm³/mol. The van der Waals surface area contributed by atoms with Crippen molar-refractivity contribution >= 4 is 11.8 Å². The predicted octanol–water partition coefficient (Wildman–Crippen LogP) is 1.63. The van der Waals surface area contributed by atoms with E-state index in [2.05, 4.69) is 17.6 Å². The second-order valence-corrected chi connectivity index (χ2v) is 3.85. The zero-order chi connectivity index (χ0) is 8.81. The minimum atomic E-state index is 0.431. The molecule has 0 aromatic carbocycles. The molecule has 1 atom stereocenters. The molecule has 1 heterocycles. The Kier molecular flexibility index (Phi) is 4.54. The highest BCUT2D eigenvalue weighted by Gasteiger charge is 2.15. The first kappa shape index (κ1) is 9.93. The molecule has 1 aliphatic heterocycles. The summed E-state index contributed by atoms with van der Waals surface area (Å²) in [7, 11) is 1.99. The van der Waals surface area contributed by atoms with Crippen molar-refractivity contribution in [2.75, 3.05) is 25.7 Å². The van der Waals surface area contributed by atoms with E-state index in [0.29, 0.717) is 6.04 Å². The monoisotopic (exact) mass is 187 g/mol. The van der Waals surface area contributed by atoms with Crippen LogP contribution in [0, 0.1) is 0 Å². The van der Waals surface area contributed by atoms with Crippen LogP contribution in [0.5, 0.6) is 0 Å². The van der Waals surface area contributed by atoms with Gasteiger partial charge in [-0.3, -0.25) is 0 Å². The maximum Gasteiger partial charge on any atom is 0.109 e. The first-order valence-corrected chi connectivity index (χ1v) is 5.77. The van der Waals surface area contributed by atoms with Crippen LogP contribution < -0.4 is 5.32 Å². The van der Waals surface area contributed by atoms with Gasteiger partial charge in [-0.15, -0.1) is 0 Å². The van der Waals surface area contributed by atoms with E-state index in [0.717, 1.165) is 25.2 Å². The lowest BCUT2D eigenvalue weighted by Crippen LogP contribution is -2.28. The Balaban J connectivity index is 2.33. The molecule has 1 aliphatic rings. The van der Waals surface area contributed by atoms with E-state index >= 15 is 0 Å². The molecule has 0 saturated heterocycles. The van der Waals surface area contributed by atoms with Gasteiger partial charge in [-0.05, 0) is 31.6 Å². The van der Waals surface area contributed by atoms with Gasteiger partial charge in [0.25, 0.3) is 0 Å². The normalized spacial score (nSPS) is 18.7. The number of rotatable bonds is 5. The van der Waals surface area contributed by atoms with Crippen molar-refractivity contribution in [3.8, 4) is 0 Å². The molecule has 70 valence electrons. The fraction of sp³-hybridized carbons (Fsp3) is 0.778. The Hall–Kier alpha value is -0.150. The van der Waals surface area contributed by atoms with E-state index in [4.69, 9.17) is 4.74 Å². The molecule has 0 aromatic heterocycles. The lowest BCUT2D eigenvalue weighted by molar-refractivity contribution is 0.216. The number of thioether (sulfide) groups is 1. The van der Waals surface area contributed by atoms with E-state index < -0.39 is 0 Å². The summed E-state index contributed by atoms with van der Waals surface area (Å²) in [5.41, 5.74) is 0. The number of hydrogen-bond acceptors (Lipinski definition) is 3. The van der Waals surface area contributed by atoms with Gasteiger partial charge in [0.2, 0.25) is 0 Å². The maximum absolute atomic E-state index is 5.49. The van der Waals surface area contributed by atoms with E-state index in [-0.39, 0.29) is 0 Å². The largest absolute Gasteiger partial charge is 0.496 e. The Morgan fingerprint density at radius 3 is 3.08 bits per heavy atom. The molecule has 1 unspecified atom stereocenters. The van der Waals surface area contributed by atoms with Crippen molar-refractivity contribution in [1.29, 1.82) is 0 Å². The maximum atomic E-state index is 5.49. The fourth-order valence-corrected chi connectivity index (χ4v) is 1.82. The second-order valence-electron chi connectivity index (χ2n) is 2.87. The first-order chi connectivity index (χ1) is 5.88. The van der Waals surface area contributed by atoms with Gasteiger partial charge in [0.15, 0.2) is 0 Å². The first-order valence-electron chi connectivity index (χ1n) is 4.37. The zero-order valence-corrected chi connectivity index (χ0v) is 8.62. The molecular weight excluding hydrogens is 170 g/mol. The molecular formula is C9H17NOS. The molecule has 0 amide bonds. The minimum Gasteiger partial charge on any atom is -0.496 e. The van der Waals surface area contributed by atoms with E-state index in [1.807, 2.05) is 18.8 Å². The number of hydrogen-bond donors (Lipinski definition) is 1. The Labute approximate surface area is 78.7 Å². The summed E-state index contributed by atoms with van der Waals surface area (Å²) >= 11 is 1.88. The highest BCUT2D eigenvalue weighted by atomic mass is 32.2. The van der Waals surface area contributed by atoms with Crippen LogP contribution in [-0.4, -0.2) is 31.7 Å². The quantitative estimate of drug-likeness (QED) is 0.707. The van der Waals surface area contributed by atoms with Crippen LogP contribution in [0.4, 0.5) is 0 Å². The molecule has 0 aromatic rings. The van der Waals surface area contributed by atoms with Crippen LogP contribution >= 0.6 is 11.8 Å². The van der Waals surface area contributed by atoms with Gasteiger partial charge >= 0.3 is 0 Å². The average Bonchev–Trinajstić information content (AvgIpc) is 2.59. The Morgan fingerprint density at radius 2 is 2.58 bits per heavy atom. The van der Waals surface area contributed by atoms with E-state index in [1.165, 1.54) is 5.75 Å². The van der Waals surface area contributed by atoms with Crippen molar-refractivity contribution in [3.63, 3.8) is 0 Å². The van der Waals surface area contributed by atoms with Crippen molar-refractivity contribution in [3.05, 3.63) is 11.8 Å². The van der Waals surface area contributed by atoms with Crippen LogP contribution in [0.1, 0.15) is 12.8 Å². The minimum absolute atomic E-state index is 0.431. The summed E-state index contributed by atoms with van der Waals surface area (Å²) in [6.45, 7) is 0.868. The lowest BCUT2D eigenvalue weighted by atomic mass is 10.2. The molecule has 1 N–H and O–H groups in total. The summed E-state index contributed by atoms with van der Waals surface area (Å²) in [5.74, 6) is 2.33. The van der Waals surface area contributed by atoms with Gasteiger partial charge < -0.3 is 10.1 Å². The lowest BCUT2D eigenvalue weighted by Gasteiger charge is -2.16. The van der Waals surface area contributed by atoms with Gasteiger partial charge in [-0.2, -0.15) is 11.8 Å². The summed E-state index contributed by atoms with van der Waals surface area (Å²) in [6.07, 6.45) is 6.56. The van der Waals surface area contributed by atoms with Crippen LogP contribution in [-0.2, 0) is 4.74 Å². The third-order valence-corrected chi connectivity index (χ3v) is 2.68.